The molecule has 21 heavy (non-hydrogen) atoms. The topological polar surface area (TPSA) is 45.7 Å². The van der Waals surface area contributed by atoms with Gasteiger partial charge in [-0.25, -0.2) is 0 Å². The molecule has 0 saturated carbocycles. The van der Waals surface area contributed by atoms with Crippen LogP contribution < -0.4 is 10.6 Å². The van der Waals surface area contributed by atoms with Crippen LogP contribution in [0.2, 0.25) is 0 Å². The third kappa shape index (κ3) is 8.73. The Balaban J connectivity index is 2.29. The van der Waals surface area contributed by atoms with Crippen molar-refractivity contribution in [2.75, 3.05) is 32.8 Å². The highest BCUT2D eigenvalue weighted by Gasteiger charge is 2.05. The Morgan fingerprint density at radius 2 is 2.24 bits per heavy atom. The molecule has 0 saturated heterocycles. The van der Waals surface area contributed by atoms with Crippen LogP contribution in [0.3, 0.4) is 0 Å². The van der Waals surface area contributed by atoms with Gasteiger partial charge in [-0.3, -0.25) is 4.99 Å². The standard InChI is InChI=1S/C16H29N3OS/c1-4-17-16(18-9-7-10-20-5-2)19-13-14(3)12-15-8-6-11-21-15/h6,8,11,14H,4-5,7,9-10,12-13H2,1-3H3,(H2,17,18,19). The zero-order chi connectivity index (χ0) is 15.3. The second-order valence-corrected chi connectivity index (χ2v) is 6.12. The van der Waals surface area contributed by atoms with Crippen LogP contribution in [-0.2, 0) is 11.2 Å². The number of nitrogens with one attached hydrogen (secondary N) is 2. The molecule has 0 fully saturated rings. The average molecular weight is 311 g/mol. The van der Waals surface area contributed by atoms with Gasteiger partial charge in [0.2, 0.25) is 0 Å². The molecule has 0 aliphatic heterocycles. The Morgan fingerprint density at radius 3 is 2.90 bits per heavy atom. The monoisotopic (exact) mass is 311 g/mol. The van der Waals surface area contributed by atoms with Gasteiger partial charge in [0.1, 0.15) is 0 Å². The lowest BCUT2D eigenvalue weighted by Crippen LogP contribution is -2.38. The lowest BCUT2D eigenvalue weighted by Gasteiger charge is -2.13. The van der Waals surface area contributed by atoms with Crippen LogP contribution in [-0.4, -0.2) is 38.8 Å². The number of hydrogen-bond acceptors (Lipinski definition) is 3. The molecule has 2 N–H and O–H groups in total. The highest BCUT2D eigenvalue weighted by atomic mass is 32.1. The van der Waals surface area contributed by atoms with Crippen molar-refractivity contribution in [2.24, 2.45) is 10.9 Å². The van der Waals surface area contributed by atoms with Crippen molar-refractivity contribution in [1.29, 1.82) is 0 Å². The summed E-state index contributed by atoms with van der Waals surface area (Å²) < 4.78 is 5.33. The van der Waals surface area contributed by atoms with Gasteiger partial charge in [0, 0.05) is 37.7 Å². The lowest BCUT2D eigenvalue weighted by atomic mass is 10.1. The summed E-state index contributed by atoms with van der Waals surface area (Å²) in [6, 6.07) is 4.31. The number of aliphatic imine (C=N–C) groups is 1. The molecule has 0 aliphatic rings. The molecule has 5 heteroatoms. The van der Waals surface area contributed by atoms with E-state index in [1.807, 2.05) is 18.3 Å². The fourth-order valence-corrected chi connectivity index (χ4v) is 2.82. The van der Waals surface area contributed by atoms with Crippen molar-refractivity contribution in [3.63, 3.8) is 0 Å². The maximum absolute atomic E-state index is 5.33. The summed E-state index contributed by atoms with van der Waals surface area (Å²) in [5.74, 6) is 1.47. The number of nitrogens with zero attached hydrogens (tertiary/aromatic N) is 1. The van der Waals surface area contributed by atoms with Gasteiger partial charge in [-0.1, -0.05) is 13.0 Å². The molecule has 1 atom stereocenters. The van der Waals surface area contributed by atoms with Gasteiger partial charge < -0.3 is 15.4 Å². The van der Waals surface area contributed by atoms with E-state index in [4.69, 9.17) is 4.74 Å². The van der Waals surface area contributed by atoms with Crippen molar-refractivity contribution in [3.8, 4) is 0 Å². The van der Waals surface area contributed by atoms with Crippen LogP contribution in [0.15, 0.2) is 22.5 Å². The SMILES string of the molecule is CCNC(=NCC(C)Cc1cccs1)NCCCOCC. The van der Waals surface area contributed by atoms with E-state index >= 15 is 0 Å². The van der Waals surface area contributed by atoms with Crippen LogP contribution in [0.4, 0.5) is 0 Å². The summed E-state index contributed by atoms with van der Waals surface area (Å²) in [6.07, 6.45) is 2.11. The van der Waals surface area contributed by atoms with Gasteiger partial charge in [0.05, 0.1) is 0 Å². The molecule has 1 aromatic heterocycles. The molecule has 0 amide bonds. The minimum atomic E-state index is 0.558. The van der Waals surface area contributed by atoms with Gasteiger partial charge >= 0.3 is 0 Å². The first-order chi connectivity index (χ1) is 10.3. The van der Waals surface area contributed by atoms with Crippen molar-refractivity contribution >= 4 is 17.3 Å². The molecule has 1 rings (SSSR count). The van der Waals surface area contributed by atoms with E-state index < -0.39 is 0 Å². The van der Waals surface area contributed by atoms with Gasteiger partial charge in [-0.15, -0.1) is 11.3 Å². The molecule has 0 aromatic carbocycles. The molecule has 0 radical (unpaired) electrons. The van der Waals surface area contributed by atoms with E-state index in [1.165, 1.54) is 4.88 Å². The van der Waals surface area contributed by atoms with E-state index in [9.17, 15) is 0 Å². The zero-order valence-corrected chi connectivity index (χ0v) is 14.3. The van der Waals surface area contributed by atoms with Crippen molar-refractivity contribution in [1.82, 2.24) is 10.6 Å². The fraction of sp³-hybridized carbons (Fsp3) is 0.688. The predicted molar refractivity (Wildman–Crippen MR) is 92.3 cm³/mol. The average Bonchev–Trinajstić information content (AvgIpc) is 2.97. The van der Waals surface area contributed by atoms with Gasteiger partial charge in [0.15, 0.2) is 5.96 Å². The first kappa shape index (κ1) is 18.0. The lowest BCUT2D eigenvalue weighted by molar-refractivity contribution is 0.145. The molecular weight excluding hydrogens is 282 g/mol. The number of rotatable bonds is 10. The van der Waals surface area contributed by atoms with E-state index in [0.29, 0.717) is 5.92 Å². The van der Waals surface area contributed by atoms with Gasteiger partial charge in [-0.2, -0.15) is 0 Å². The molecule has 0 aliphatic carbocycles. The summed E-state index contributed by atoms with van der Waals surface area (Å²) in [5, 5.41) is 8.78. The fourth-order valence-electron chi connectivity index (χ4n) is 1.95. The third-order valence-electron chi connectivity index (χ3n) is 3.00. The Kier molecular flexibility index (Phi) is 9.91. The second-order valence-electron chi connectivity index (χ2n) is 5.09. The van der Waals surface area contributed by atoms with Crippen LogP contribution in [0, 0.1) is 5.92 Å². The smallest absolute Gasteiger partial charge is 0.191 e. The Labute approximate surface area is 133 Å². The highest BCUT2D eigenvalue weighted by Crippen LogP contribution is 2.14. The first-order valence-corrected chi connectivity index (χ1v) is 8.76. The zero-order valence-electron chi connectivity index (χ0n) is 13.5. The molecule has 1 unspecified atom stereocenters. The summed E-state index contributed by atoms with van der Waals surface area (Å²) in [7, 11) is 0. The number of hydrogen-bond donors (Lipinski definition) is 2. The molecule has 4 nitrogen and oxygen atoms in total. The summed E-state index contributed by atoms with van der Waals surface area (Å²) in [6.45, 7) is 10.6. The summed E-state index contributed by atoms with van der Waals surface area (Å²) in [5.41, 5.74) is 0. The van der Waals surface area contributed by atoms with Crippen LogP contribution in [0.1, 0.15) is 32.1 Å². The van der Waals surface area contributed by atoms with E-state index in [1.54, 1.807) is 0 Å². The Morgan fingerprint density at radius 1 is 1.38 bits per heavy atom. The van der Waals surface area contributed by atoms with Crippen LogP contribution in [0.25, 0.3) is 0 Å². The van der Waals surface area contributed by atoms with E-state index in [2.05, 4.69) is 47.0 Å². The normalized spacial score (nSPS) is 13.2. The molecule has 1 aromatic rings. The van der Waals surface area contributed by atoms with Crippen molar-refractivity contribution in [2.45, 2.75) is 33.6 Å². The predicted octanol–water partition coefficient (Wildman–Crippen LogP) is 2.91. The van der Waals surface area contributed by atoms with Gasteiger partial charge in [0.25, 0.3) is 0 Å². The summed E-state index contributed by atoms with van der Waals surface area (Å²) in [4.78, 5) is 6.11. The highest BCUT2D eigenvalue weighted by molar-refractivity contribution is 7.09. The number of ether oxygens (including phenoxy) is 1. The molecule has 0 spiro atoms. The van der Waals surface area contributed by atoms with Crippen molar-refractivity contribution < 1.29 is 4.74 Å². The molecule has 120 valence electrons. The molecular formula is C16H29N3OS. The molecule has 0 bridgehead atoms. The Bertz CT molecular complexity index is 379. The quantitative estimate of drug-likeness (QED) is 0.397. The van der Waals surface area contributed by atoms with Crippen LogP contribution in [0.5, 0.6) is 0 Å². The maximum atomic E-state index is 5.33. The third-order valence-corrected chi connectivity index (χ3v) is 3.90. The largest absolute Gasteiger partial charge is 0.382 e. The maximum Gasteiger partial charge on any atom is 0.191 e. The number of guanidine groups is 1. The van der Waals surface area contributed by atoms with E-state index in [-0.39, 0.29) is 0 Å². The molecule has 1 heterocycles. The minimum Gasteiger partial charge on any atom is -0.382 e. The van der Waals surface area contributed by atoms with Crippen molar-refractivity contribution in [3.05, 3.63) is 22.4 Å². The summed E-state index contributed by atoms with van der Waals surface area (Å²) >= 11 is 1.82. The Hall–Kier alpha value is -1.07. The minimum absolute atomic E-state index is 0.558. The van der Waals surface area contributed by atoms with Crippen LogP contribution >= 0.6 is 11.3 Å². The van der Waals surface area contributed by atoms with Gasteiger partial charge in [-0.05, 0) is 44.1 Å². The second kappa shape index (κ2) is 11.6. The number of thiophene rings is 1. The van der Waals surface area contributed by atoms with E-state index in [0.717, 1.165) is 51.6 Å². The first-order valence-electron chi connectivity index (χ1n) is 7.88.